The van der Waals surface area contributed by atoms with Gasteiger partial charge in [0.05, 0.1) is 33.7 Å². The zero-order chi connectivity index (χ0) is 27.0. The van der Waals surface area contributed by atoms with Gasteiger partial charge in [-0.3, -0.25) is 5.32 Å². The number of benzene rings is 2. The Morgan fingerprint density at radius 3 is 2.53 bits per heavy atom. The van der Waals surface area contributed by atoms with Crippen molar-refractivity contribution in [1.82, 2.24) is 14.1 Å². The third-order valence-electron chi connectivity index (χ3n) is 7.08. The molecule has 38 heavy (non-hydrogen) atoms. The highest BCUT2D eigenvalue weighted by atomic mass is 32.2. The number of anilines is 2. The molecule has 1 fully saturated rings. The minimum absolute atomic E-state index is 0.0243. The van der Waals surface area contributed by atoms with E-state index in [0.29, 0.717) is 17.8 Å². The molecule has 9 nitrogen and oxygen atoms in total. The van der Waals surface area contributed by atoms with Crippen LogP contribution in [-0.2, 0) is 28.0 Å². The predicted molar refractivity (Wildman–Crippen MR) is 149 cm³/mol. The second-order valence-corrected chi connectivity index (χ2v) is 12.2. The molecule has 4 aromatic rings. The summed E-state index contributed by atoms with van der Waals surface area (Å²) in [6.07, 6.45) is 6.23. The van der Waals surface area contributed by atoms with Gasteiger partial charge in [-0.1, -0.05) is 12.1 Å². The second-order valence-electron chi connectivity index (χ2n) is 10.1. The van der Waals surface area contributed by atoms with Gasteiger partial charge in [0.2, 0.25) is 0 Å². The smallest absolute Gasteiger partial charge is 0.411 e. The maximum atomic E-state index is 13.3. The van der Waals surface area contributed by atoms with Crippen molar-refractivity contribution in [2.24, 2.45) is 7.05 Å². The van der Waals surface area contributed by atoms with Crippen molar-refractivity contribution < 1.29 is 17.9 Å². The normalized spacial score (nSPS) is 14.1. The van der Waals surface area contributed by atoms with Crippen LogP contribution in [0.3, 0.4) is 0 Å². The molecule has 1 amide bonds. The molecule has 0 spiro atoms. The summed E-state index contributed by atoms with van der Waals surface area (Å²) in [5, 5.41) is 3.56. The largest absolute Gasteiger partial charge is 0.447 e. The van der Waals surface area contributed by atoms with Gasteiger partial charge in [-0.15, -0.1) is 0 Å². The van der Waals surface area contributed by atoms with Crippen LogP contribution < -0.4 is 11.1 Å². The molecule has 3 N–H and O–H groups in total. The van der Waals surface area contributed by atoms with Crippen LogP contribution in [0.25, 0.3) is 22.2 Å². The molecule has 200 valence electrons. The molecule has 10 heteroatoms. The van der Waals surface area contributed by atoms with Gasteiger partial charge in [-0.2, -0.15) is 0 Å². The standard InChI is InChI=1S/C28H33N5O4S/c1-18(2)37-28(34)31-20-9-7-19(8-10-20)27-26(29)23-12-11-22(17-24(23)33(27)21-5-4-6-21)38(35,36)16-13-25-30-14-15-32(25)3/h7-12,14-15,17-18,21H,4-6,13,16,29H2,1-3H3,(H,31,34). The lowest BCUT2D eigenvalue weighted by atomic mass is 9.92. The fourth-order valence-corrected chi connectivity index (χ4v) is 6.14. The van der Waals surface area contributed by atoms with Crippen LogP contribution in [0.15, 0.2) is 59.8 Å². The van der Waals surface area contributed by atoms with Crippen molar-refractivity contribution in [1.29, 1.82) is 0 Å². The Balaban J connectivity index is 1.50. The van der Waals surface area contributed by atoms with E-state index >= 15 is 0 Å². The van der Waals surface area contributed by atoms with E-state index < -0.39 is 15.9 Å². The van der Waals surface area contributed by atoms with Crippen LogP contribution in [0.4, 0.5) is 16.2 Å². The molecule has 0 radical (unpaired) electrons. The second kappa shape index (κ2) is 10.2. The average molecular weight is 536 g/mol. The first-order valence-electron chi connectivity index (χ1n) is 12.8. The number of fused-ring (bicyclic) bond motifs is 1. The SMILES string of the molecule is CC(C)OC(=O)Nc1ccc(-c2c(N)c3ccc(S(=O)(=O)CCc4nccn4C)cc3n2C2CCC2)cc1. The number of nitrogens with one attached hydrogen (secondary N) is 1. The Bertz CT molecular complexity index is 1580. The van der Waals surface area contributed by atoms with Crippen molar-refractivity contribution in [3.63, 3.8) is 0 Å². The number of ether oxygens (including phenoxy) is 1. The number of hydrogen-bond donors (Lipinski definition) is 2. The number of imidazole rings is 1. The van der Waals surface area contributed by atoms with Gasteiger partial charge in [-0.25, -0.2) is 18.2 Å². The number of aromatic nitrogens is 3. The summed E-state index contributed by atoms with van der Waals surface area (Å²) in [5.74, 6) is 0.707. The van der Waals surface area contributed by atoms with Crippen molar-refractivity contribution in [3.8, 4) is 11.3 Å². The first-order valence-corrected chi connectivity index (χ1v) is 14.5. The molecule has 0 unspecified atom stereocenters. The third kappa shape index (κ3) is 5.00. The molecule has 2 aromatic heterocycles. The highest BCUT2D eigenvalue weighted by Crippen LogP contribution is 2.44. The molecule has 0 aliphatic heterocycles. The van der Waals surface area contributed by atoms with Gasteiger partial charge in [0.25, 0.3) is 0 Å². The molecule has 2 aromatic carbocycles. The highest BCUT2D eigenvalue weighted by molar-refractivity contribution is 7.91. The van der Waals surface area contributed by atoms with E-state index in [2.05, 4.69) is 14.9 Å². The van der Waals surface area contributed by atoms with E-state index in [9.17, 15) is 13.2 Å². The number of carbonyl (C=O) groups is 1. The van der Waals surface area contributed by atoms with Crippen LogP contribution in [0, 0.1) is 0 Å². The van der Waals surface area contributed by atoms with Crippen molar-refractivity contribution in [2.45, 2.75) is 56.6 Å². The van der Waals surface area contributed by atoms with Crippen molar-refractivity contribution in [3.05, 3.63) is 60.7 Å². The number of aryl methyl sites for hydroxylation is 2. The summed E-state index contributed by atoms with van der Waals surface area (Å²) in [7, 11) is -1.67. The predicted octanol–water partition coefficient (Wildman–Crippen LogP) is 5.32. The Labute approximate surface area is 222 Å². The monoisotopic (exact) mass is 535 g/mol. The molecule has 0 atom stereocenters. The number of amides is 1. The van der Waals surface area contributed by atoms with Crippen LogP contribution in [-0.4, -0.2) is 40.5 Å². The van der Waals surface area contributed by atoms with E-state index in [-0.39, 0.29) is 22.8 Å². The number of sulfone groups is 1. The van der Waals surface area contributed by atoms with E-state index in [1.165, 1.54) is 0 Å². The quantitative estimate of drug-likeness (QED) is 0.315. The molecule has 1 saturated carbocycles. The Morgan fingerprint density at radius 1 is 1.18 bits per heavy atom. The summed E-state index contributed by atoms with van der Waals surface area (Å²) in [4.78, 5) is 16.5. The lowest BCUT2D eigenvalue weighted by Gasteiger charge is -2.30. The third-order valence-corrected chi connectivity index (χ3v) is 8.79. The number of nitrogens with two attached hydrogens (primary N) is 1. The zero-order valence-corrected chi connectivity index (χ0v) is 22.7. The summed E-state index contributed by atoms with van der Waals surface area (Å²) in [6, 6.07) is 12.9. The Hall–Kier alpha value is -3.79. The van der Waals surface area contributed by atoms with Gasteiger partial charge in [0.1, 0.15) is 5.82 Å². The zero-order valence-electron chi connectivity index (χ0n) is 21.8. The van der Waals surface area contributed by atoms with Crippen LogP contribution in [0.1, 0.15) is 45.0 Å². The average Bonchev–Trinajstić information content (AvgIpc) is 3.37. The van der Waals surface area contributed by atoms with Gasteiger partial charge >= 0.3 is 6.09 Å². The summed E-state index contributed by atoms with van der Waals surface area (Å²) in [5.41, 5.74) is 10.5. The van der Waals surface area contributed by atoms with Gasteiger partial charge in [0.15, 0.2) is 9.84 Å². The summed E-state index contributed by atoms with van der Waals surface area (Å²) in [6.45, 7) is 3.59. The number of hydrogen-bond acceptors (Lipinski definition) is 6. The number of carbonyl (C=O) groups excluding carboxylic acids is 1. The molecule has 0 bridgehead atoms. The van der Waals surface area contributed by atoms with Crippen molar-refractivity contribution in [2.75, 3.05) is 16.8 Å². The van der Waals surface area contributed by atoms with E-state index in [1.54, 1.807) is 32.2 Å². The van der Waals surface area contributed by atoms with Crippen LogP contribution in [0.5, 0.6) is 0 Å². The summed E-state index contributed by atoms with van der Waals surface area (Å²) < 4.78 is 35.7. The van der Waals surface area contributed by atoms with Crippen LogP contribution >= 0.6 is 0 Å². The fraction of sp³-hybridized carbons (Fsp3) is 0.357. The van der Waals surface area contributed by atoms with Gasteiger partial charge < -0.3 is 19.6 Å². The highest BCUT2D eigenvalue weighted by Gasteiger charge is 2.28. The molecule has 2 heterocycles. The topological polar surface area (TPSA) is 121 Å². The minimum atomic E-state index is -3.53. The molecule has 1 aliphatic rings. The van der Waals surface area contributed by atoms with Crippen molar-refractivity contribution >= 4 is 38.2 Å². The van der Waals surface area contributed by atoms with Crippen LogP contribution in [0.2, 0.25) is 0 Å². The van der Waals surface area contributed by atoms with Gasteiger partial charge in [0, 0.05) is 48.5 Å². The Kier molecular flexibility index (Phi) is 6.92. The molecular formula is C28H33N5O4S. The maximum Gasteiger partial charge on any atom is 0.411 e. The number of rotatable bonds is 8. The molecule has 0 saturated heterocycles. The van der Waals surface area contributed by atoms with E-state index in [1.807, 2.05) is 48.1 Å². The number of nitrogens with zero attached hydrogens (tertiary/aromatic N) is 3. The minimum Gasteiger partial charge on any atom is -0.447 e. The van der Waals surface area contributed by atoms with E-state index in [4.69, 9.17) is 10.5 Å². The van der Waals surface area contributed by atoms with Gasteiger partial charge in [-0.05, 0) is 63.4 Å². The first-order chi connectivity index (χ1) is 18.1. The lowest BCUT2D eigenvalue weighted by Crippen LogP contribution is -2.18. The summed E-state index contributed by atoms with van der Waals surface area (Å²) >= 11 is 0. The number of nitrogen functional groups attached to an aromatic ring is 1. The maximum absolute atomic E-state index is 13.3. The fourth-order valence-electron chi connectivity index (χ4n) is 4.88. The first kappa shape index (κ1) is 25.8. The molecule has 5 rings (SSSR count). The molecular weight excluding hydrogens is 502 g/mol. The Morgan fingerprint density at radius 2 is 1.92 bits per heavy atom. The lowest BCUT2D eigenvalue weighted by molar-refractivity contribution is 0.130. The molecule has 1 aliphatic carbocycles. The van der Waals surface area contributed by atoms with E-state index in [0.717, 1.165) is 47.2 Å².